The number of nitrogens with one attached hydrogen (secondary N) is 2. The summed E-state index contributed by atoms with van der Waals surface area (Å²) in [5.41, 5.74) is 1.66. The number of amides is 1. The lowest BCUT2D eigenvalue weighted by atomic mass is 9.86. The summed E-state index contributed by atoms with van der Waals surface area (Å²) in [4.78, 5) is 12.9. The highest BCUT2D eigenvalue weighted by atomic mass is 16.5. The van der Waals surface area contributed by atoms with Gasteiger partial charge in [0.15, 0.2) is 0 Å². The lowest BCUT2D eigenvalue weighted by Gasteiger charge is -2.34. The third-order valence-corrected chi connectivity index (χ3v) is 5.82. The Bertz CT molecular complexity index is 771. The highest BCUT2D eigenvalue weighted by Gasteiger charge is 2.28. The lowest BCUT2D eigenvalue weighted by Crippen LogP contribution is -2.40. The van der Waals surface area contributed by atoms with Crippen LogP contribution in [0, 0.1) is 11.8 Å². The van der Waals surface area contributed by atoms with Crippen LogP contribution >= 0.6 is 0 Å². The molecular weight excluding hydrogens is 376 g/mol. The van der Waals surface area contributed by atoms with Crippen LogP contribution in [-0.2, 0) is 4.74 Å². The molecule has 0 radical (unpaired) electrons. The van der Waals surface area contributed by atoms with Crippen molar-refractivity contribution in [2.45, 2.75) is 38.8 Å². The highest BCUT2D eigenvalue weighted by Crippen LogP contribution is 2.26. The van der Waals surface area contributed by atoms with Crippen LogP contribution in [0.15, 0.2) is 54.6 Å². The Morgan fingerprint density at radius 3 is 2.33 bits per heavy atom. The molecule has 162 valence electrons. The van der Waals surface area contributed by atoms with Crippen LogP contribution in [0.5, 0.6) is 5.75 Å². The minimum absolute atomic E-state index is 0.113. The second-order valence-corrected chi connectivity index (χ2v) is 8.29. The normalized spacial score (nSPS) is 16.8. The first kappa shape index (κ1) is 22.3. The first-order valence-corrected chi connectivity index (χ1v) is 10.9. The van der Waals surface area contributed by atoms with Crippen molar-refractivity contribution in [1.82, 2.24) is 10.6 Å². The molecule has 30 heavy (non-hydrogen) atoms. The number of rotatable bonds is 9. The molecule has 2 aromatic rings. The molecule has 1 fully saturated rings. The fourth-order valence-electron chi connectivity index (χ4n) is 4.14. The minimum Gasteiger partial charge on any atom is -0.497 e. The van der Waals surface area contributed by atoms with E-state index >= 15 is 0 Å². The molecule has 1 unspecified atom stereocenters. The molecule has 2 atom stereocenters. The molecule has 5 heteroatoms. The van der Waals surface area contributed by atoms with Gasteiger partial charge in [-0.15, -0.1) is 0 Å². The van der Waals surface area contributed by atoms with Crippen LogP contribution < -0.4 is 15.4 Å². The predicted octanol–water partition coefficient (Wildman–Crippen LogP) is 4.21. The Morgan fingerprint density at radius 1 is 1.07 bits per heavy atom. The molecule has 1 heterocycles. The number of benzene rings is 2. The van der Waals surface area contributed by atoms with Gasteiger partial charge in [-0.25, -0.2) is 0 Å². The molecule has 5 nitrogen and oxygen atoms in total. The van der Waals surface area contributed by atoms with Crippen molar-refractivity contribution in [2.24, 2.45) is 11.8 Å². The standard InChI is InChI=1S/C25H34N2O3/c1-18(2)24(20-13-15-26-16-14-20)30-17-23(19-7-5-4-6-8-19)27-25(28)21-9-11-22(29-3)12-10-21/h4-12,18,20,23-24,26H,13-17H2,1-3H3,(H,27,28)/t23?,24-/m1/s1. The van der Waals surface area contributed by atoms with Gasteiger partial charge >= 0.3 is 0 Å². The lowest BCUT2D eigenvalue weighted by molar-refractivity contribution is -0.0346. The molecule has 1 amide bonds. The summed E-state index contributed by atoms with van der Waals surface area (Å²) >= 11 is 0. The number of hydrogen-bond donors (Lipinski definition) is 2. The van der Waals surface area contributed by atoms with Crippen LogP contribution in [0.2, 0.25) is 0 Å². The molecule has 0 spiro atoms. The van der Waals surface area contributed by atoms with E-state index in [-0.39, 0.29) is 18.1 Å². The van der Waals surface area contributed by atoms with E-state index in [1.54, 1.807) is 31.4 Å². The second kappa shape index (κ2) is 11.1. The fourth-order valence-corrected chi connectivity index (χ4v) is 4.14. The third kappa shape index (κ3) is 6.07. The topological polar surface area (TPSA) is 59.6 Å². The Morgan fingerprint density at radius 2 is 1.73 bits per heavy atom. The number of carbonyl (C=O) groups excluding carboxylic acids is 1. The summed E-state index contributed by atoms with van der Waals surface area (Å²) in [5, 5.41) is 6.60. The van der Waals surface area contributed by atoms with Gasteiger partial charge in [-0.05, 0) is 67.6 Å². The van der Waals surface area contributed by atoms with E-state index in [0.717, 1.165) is 37.2 Å². The Kier molecular flexibility index (Phi) is 8.29. The number of ether oxygens (including phenoxy) is 2. The molecule has 0 aromatic heterocycles. The molecule has 0 saturated carbocycles. The van der Waals surface area contributed by atoms with Gasteiger partial charge in [0.05, 0.1) is 25.9 Å². The molecule has 1 saturated heterocycles. The summed E-state index contributed by atoms with van der Waals surface area (Å²) in [7, 11) is 1.62. The predicted molar refractivity (Wildman–Crippen MR) is 120 cm³/mol. The molecule has 1 aliphatic heterocycles. The quantitative estimate of drug-likeness (QED) is 0.650. The van der Waals surface area contributed by atoms with Gasteiger partial charge in [0, 0.05) is 5.56 Å². The highest BCUT2D eigenvalue weighted by molar-refractivity contribution is 5.94. The molecule has 3 rings (SSSR count). The molecule has 0 aliphatic carbocycles. The van der Waals surface area contributed by atoms with Gasteiger partial charge < -0.3 is 20.1 Å². The average molecular weight is 411 g/mol. The van der Waals surface area contributed by atoms with Gasteiger partial charge in [0.2, 0.25) is 0 Å². The summed E-state index contributed by atoms with van der Waals surface area (Å²) in [5.74, 6) is 1.61. The van der Waals surface area contributed by atoms with Crippen LogP contribution in [0.25, 0.3) is 0 Å². The van der Waals surface area contributed by atoms with Crippen LogP contribution in [0.4, 0.5) is 0 Å². The van der Waals surface area contributed by atoms with Crippen molar-refractivity contribution < 1.29 is 14.3 Å². The van der Waals surface area contributed by atoms with E-state index in [9.17, 15) is 4.79 Å². The van der Waals surface area contributed by atoms with Crippen LogP contribution in [0.1, 0.15) is 48.7 Å². The fraction of sp³-hybridized carbons (Fsp3) is 0.480. The van der Waals surface area contributed by atoms with Crippen molar-refractivity contribution in [2.75, 3.05) is 26.8 Å². The summed E-state index contributed by atoms with van der Waals surface area (Å²) < 4.78 is 11.7. The van der Waals surface area contributed by atoms with Crippen molar-refractivity contribution in [1.29, 1.82) is 0 Å². The number of hydrogen-bond acceptors (Lipinski definition) is 4. The Labute approximate surface area is 180 Å². The maximum atomic E-state index is 12.9. The van der Waals surface area contributed by atoms with Gasteiger partial charge in [0.25, 0.3) is 5.91 Å². The average Bonchev–Trinajstić information content (AvgIpc) is 2.79. The third-order valence-electron chi connectivity index (χ3n) is 5.82. The van der Waals surface area contributed by atoms with E-state index in [1.165, 1.54) is 0 Å². The van der Waals surface area contributed by atoms with Gasteiger partial charge in [-0.3, -0.25) is 4.79 Å². The van der Waals surface area contributed by atoms with Crippen LogP contribution in [-0.4, -0.2) is 38.8 Å². The molecule has 2 N–H and O–H groups in total. The molecular formula is C25H34N2O3. The van der Waals surface area contributed by atoms with Gasteiger partial charge in [-0.1, -0.05) is 44.2 Å². The van der Waals surface area contributed by atoms with Gasteiger partial charge in [-0.2, -0.15) is 0 Å². The van der Waals surface area contributed by atoms with Crippen molar-refractivity contribution >= 4 is 5.91 Å². The van der Waals surface area contributed by atoms with E-state index in [2.05, 4.69) is 24.5 Å². The summed E-state index contributed by atoms with van der Waals surface area (Å²) in [6.07, 6.45) is 2.46. The summed E-state index contributed by atoms with van der Waals surface area (Å²) in [6, 6.07) is 17.0. The minimum atomic E-state index is -0.205. The monoisotopic (exact) mass is 410 g/mol. The number of carbonyl (C=O) groups is 1. The Hall–Kier alpha value is -2.37. The van der Waals surface area contributed by atoms with Crippen molar-refractivity contribution in [3.63, 3.8) is 0 Å². The van der Waals surface area contributed by atoms with Crippen LogP contribution in [0.3, 0.4) is 0 Å². The smallest absolute Gasteiger partial charge is 0.251 e. The first-order chi connectivity index (χ1) is 14.6. The van der Waals surface area contributed by atoms with Crippen molar-refractivity contribution in [3.05, 3.63) is 65.7 Å². The zero-order valence-corrected chi connectivity index (χ0v) is 18.3. The first-order valence-electron chi connectivity index (χ1n) is 10.9. The zero-order valence-electron chi connectivity index (χ0n) is 18.3. The Balaban J connectivity index is 1.71. The number of methoxy groups -OCH3 is 1. The second-order valence-electron chi connectivity index (χ2n) is 8.29. The molecule has 1 aliphatic rings. The van der Waals surface area contributed by atoms with E-state index in [4.69, 9.17) is 9.47 Å². The van der Waals surface area contributed by atoms with Crippen molar-refractivity contribution in [3.8, 4) is 5.75 Å². The largest absolute Gasteiger partial charge is 0.497 e. The SMILES string of the molecule is COc1ccc(C(=O)NC(CO[C@H](C(C)C)C2CCNCC2)c2ccccc2)cc1. The zero-order chi connectivity index (χ0) is 21.3. The van der Waals surface area contributed by atoms with Gasteiger partial charge in [0.1, 0.15) is 5.75 Å². The maximum absolute atomic E-state index is 12.9. The maximum Gasteiger partial charge on any atom is 0.251 e. The molecule has 0 bridgehead atoms. The number of piperidine rings is 1. The van der Waals surface area contributed by atoms with E-state index in [1.807, 2.05) is 30.3 Å². The van der Waals surface area contributed by atoms with E-state index < -0.39 is 0 Å². The summed E-state index contributed by atoms with van der Waals surface area (Å²) in [6.45, 7) is 7.00. The molecule has 2 aromatic carbocycles. The van der Waals surface area contributed by atoms with E-state index in [0.29, 0.717) is 24.0 Å².